The van der Waals surface area contributed by atoms with Crippen LogP contribution in [0.5, 0.6) is 11.6 Å². The third kappa shape index (κ3) is 3.48. The molecule has 1 aromatic heterocycles. The monoisotopic (exact) mass is 314 g/mol. The molecule has 0 fully saturated rings. The predicted molar refractivity (Wildman–Crippen MR) is 83.8 cm³/mol. The molecular formula is C17H15FN2O3. The Morgan fingerprint density at radius 2 is 2.04 bits per heavy atom. The van der Waals surface area contributed by atoms with Crippen molar-refractivity contribution in [3.63, 3.8) is 0 Å². The SMILES string of the molecule is CCOC(=O)C1=Cc2nc(Oc3ccc(F)cc3)ccc2NC1. The Hall–Kier alpha value is -2.89. The van der Waals surface area contributed by atoms with Crippen molar-refractivity contribution in [3.05, 3.63) is 53.5 Å². The third-order valence-corrected chi connectivity index (χ3v) is 3.25. The highest BCUT2D eigenvalue weighted by atomic mass is 19.1. The van der Waals surface area contributed by atoms with Gasteiger partial charge in [-0.15, -0.1) is 0 Å². The van der Waals surface area contributed by atoms with E-state index in [1.807, 2.05) is 6.07 Å². The Bertz CT molecular complexity index is 757. The van der Waals surface area contributed by atoms with Crippen LogP contribution in [-0.4, -0.2) is 24.1 Å². The van der Waals surface area contributed by atoms with Gasteiger partial charge in [0, 0.05) is 12.6 Å². The molecule has 2 heterocycles. The van der Waals surface area contributed by atoms with E-state index in [0.29, 0.717) is 36.0 Å². The molecule has 1 aromatic carbocycles. The molecule has 0 radical (unpaired) electrons. The lowest BCUT2D eigenvalue weighted by molar-refractivity contribution is -0.138. The van der Waals surface area contributed by atoms with E-state index in [-0.39, 0.29) is 11.8 Å². The van der Waals surface area contributed by atoms with Crippen LogP contribution in [0.1, 0.15) is 12.6 Å². The highest BCUT2D eigenvalue weighted by molar-refractivity contribution is 5.96. The normalized spacial score (nSPS) is 12.7. The van der Waals surface area contributed by atoms with Gasteiger partial charge in [-0.3, -0.25) is 0 Å². The van der Waals surface area contributed by atoms with E-state index in [0.717, 1.165) is 5.69 Å². The van der Waals surface area contributed by atoms with E-state index in [4.69, 9.17) is 9.47 Å². The van der Waals surface area contributed by atoms with Gasteiger partial charge in [0.15, 0.2) is 0 Å². The van der Waals surface area contributed by atoms with Crippen molar-refractivity contribution in [2.45, 2.75) is 6.92 Å². The number of anilines is 1. The summed E-state index contributed by atoms with van der Waals surface area (Å²) < 4.78 is 23.5. The van der Waals surface area contributed by atoms with Gasteiger partial charge in [-0.2, -0.15) is 0 Å². The first-order valence-corrected chi connectivity index (χ1v) is 7.21. The molecule has 1 aliphatic rings. The van der Waals surface area contributed by atoms with Crippen molar-refractivity contribution in [1.29, 1.82) is 0 Å². The maximum absolute atomic E-state index is 12.9. The van der Waals surface area contributed by atoms with Crippen LogP contribution in [0.3, 0.4) is 0 Å². The Balaban J connectivity index is 1.83. The Morgan fingerprint density at radius 3 is 2.78 bits per heavy atom. The van der Waals surface area contributed by atoms with E-state index in [1.54, 1.807) is 19.1 Å². The second kappa shape index (κ2) is 6.48. The summed E-state index contributed by atoms with van der Waals surface area (Å²) in [5.41, 5.74) is 1.91. The van der Waals surface area contributed by atoms with Crippen LogP contribution in [0.2, 0.25) is 0 Å². The summed E-state index contributed by atoms with van der Waals surface area (Å²) >= 11 is 0. The fourth-order valence-corrected chi connectivity index (χ4v) is 2.16. The second-order valence-electron chi connectivity index (χ2n) is 4.88. The topological polar surface area (TPSA) is 60.5 Å². The lowest BCUT2D eigenvalue weighted by atomic mass is 10.1. The molecule has 0 saturated heterocycles. The number of carbonyl (C=O) groups is 1. The fourth-order valence-electron chi connectivity index (χ4n) is 2.16. The minimum Gasteiger partial charge on any atom is -0.463 e. The quantitative estimate of drug-likeness (QED) is 0.877. The summed E-state index contributed by atoms with van der Waals surface area (Å²) in [6.07, 6.45) is 1.68. The molecule has 0 atom stereocenters. The molecule has 5 nitrogen and oxygen atoms in total. The summed E-state index contributed by atoms with van der Waals surface area (Å²) in [7, 11) is 0. The Kier molecular flexibility index (Phi) is 4.23. The van der Waals surface area contributed by atoms with Crippen molar-refractivity contribution >= 4 is 17.7 Å². The van der Waals surface area contributed by atoms with E-state index in [2.05, 4.69) is 10.3 Å². The minimum atomic E-state index is -0.364. The molecule has 0 amide bonds. The maximum atomic E-state index is 12.9. The highest BCUT2D eigenvalue weighted by Gasteiger charge is 2.18. The summed E-state index contributed by atoms with van der Waals surface area (Å²) in [6, 6.07) is 9.20. The van der Waals surface area contributed by atoms with E-state index >= 15 is 0 Å². The number of nitrogens with one attached hydrogen (secondary N) is 1. The number of nitrogens with zero attached hydrogens (tertiary/aromatic N) is 1. The van der Waals surface area contributed by atoms with Gasteiger partial charge in [-0.25, -0.2) is 14.2 Å². The van der Waals surface area contributed by atoms with Crippen molar-refractivity contribution < 1.29 is 18.7 Å². The number of benzene rings is 1. The van der Waals surface area contributed by atoms with Crippen LogP contribution in [0.25, 0.3) is 6.08 Å². The van der Waals surface area contributed by atoms with Crippen LogP contribution >= 0.6 is 0 Å². The largest absolute Gasteiger partial charge is 0.463 e. The minimum absolute atomic E-state index is 0.324. The molecule has 1 N–H and O–H groups in total. The molecule has 0 bridgehead atoms. The van der Waals surface area contributed by atoms with Crippen LogP contribution in [0.4, 0.5) is 10.1 Å². The average molecular weight is 314 g/mol. The number of carbonyl (C=O) groups excluding carboxylic acids is 1. The molecule has 0 aliphatic carbocycles. The van der Waals surface area contributed by atoms with Crippen molar-refractivity contribution in [3.8, 4) is 11.6 Å². The van der Waals surface area contributed by atoms with E-state index < -0.39 is 0 Å². The van der Waals surface area contributed by atoms with Crippen molar-refractivity contribution in [2.24, 2.45) is 0 Å². The van der Waals surface area contributed by atoms with Crippen molar-refractivity contribution in [2.75, 3.05) is 18.5 Å². The molecule has 118 valence electrons. The molecule has 0 saturated carbocycles. The molecule has 23 heavy (non-hydrogen) atoms. The first-order valence-electron chi connectivity index (χ1n) is 7.21. The number of halogens is 1. The Morgan fingerprint density at radius 1 is 1.26 bits per heavy atom. The first-order chi connectivity index (χ1) is 11.2. The number of hydrogen-bond acceptors (Lipinski definition) is 5. The van der Waals surface area contributed by atoms with Gasteiger partial charge < -0.3 is 14.8 Å². The molecule has 3 rings (SSSR count). The van der Waals surface area contributed by atoms with E-state index in [9.17, 15) is 9.18 Å². The first kappa shape index (κ1) is 15.0. The zero-order valence-electron chi connectivity index (χ0n) is 12.5. The second-order valence-corrected chi connectivity index (χ2v) is 4.88. The zero-order valence-corrected chi connectivity index (χ0v) is 12.5. The number of aromatic nitrogens is 1. The fraction of sp³-hybridized carbons (Fsp3) is 0.176. The van der Waals surface area contributed by atoms with Crippen LogP contribution in [0.15, 0.2) is 42.0 Å². The number of rotatable bonds is 4. The lowest BCUT2D eigenvalue weighted by Gasteiger charge is -2.17. The van der Waals surface area contributed by atoms with Gasteiger partial charge in [0.1, 0.15) is 11.6 Å². The summed E-state index contributed by atoms with van der Waals surface area (Å²) in [4.78, 5) is 16.2. The maximum Gasteiger partial charge on any atom is 0.335 e. The number of ether oxygens (including phenoxy) is 2. The predicted octanol–water partition coefficient (Wildman–Crippen LogP) is 3.39. The van der Waals surface area contributed by atoms with Gasteiger partial charge in [-0.1, -0.05) is 0 Å². The molecule has 6 heteroatoms. The highest BCUT2D eigenvalue weighted by Crippen LogP contribution is 2.27. The third-order valence-electron chi connectivity index (χ3n) is 3.25. The van der Waals surface area contributed by atoms with Gasteiger partial charge >= 0.3 is 5.97 Å². The molecular weight excluding hydrogens is 299 g/mol. The zero-order chi connectivity index (χ0) is 16.2. The molecule has 1 aliphatic heterocycles. The van der Waals surface area contributed by atoms with Gasteiger partial charge in [-0.05, 0) is 43.3 Å². The molecule has 2 aromatic rings. The average Bonchev–Trinajstić information content (AvgIpc) is 2.56. The molecule has 0 unspecified atom stereocenters. The summed E-state index contributed by atoms with van der Waals surface area (Å²) in [5.74, 6) is 0.148. The summed E-state index contributed by atoms with van der Waals surface area (Å²) in [6.45, 7) is 2.48. The van der Waals surface area contributed by atoms with Gasteiger partial charge in [0.2, 0.25) is 5.88 Å². The molecule has 0 spiro atoms. The lowest BCUT2D eigenvalue weighted by Crippen LogP contribution is -2.19. The van der Waals surface area contributed by atoms with Crippen LogP contribution < -0.4 is 10.1 Å². The number of hydrogen-bond donors (Lipinski definition) is 1. The number of esters is 1. The number of fused-ring (bicyclic) bond motifs is 1. The summed E-state index contributed by atoms with van der Waals surface area (Å²) in [5, 5.41) is 3.11. The van der Waals surface area contributed by atoms with Gasteiger partial charge in [0.25, 0.3) is 0 Å². The van der Waals surface area contributed by atoms with E-state index in [1.165, 1.54) is 24.3 Å². The Labute approximate surface area is 132 Å². The van der Waals surface area contributed by atoms with Crippen LogP contribution in [0, 0.1) is 5.82 Å². The smallest absolute Gasteiger partial charge is 0.335 e. The standard InChI is InChI=1S/C17H15FN2O3/c1-2-22-17(21)11-9-15-14(19-10-11)7-8-16(20-15)23-13-5-3-12(18)4-6-13/h3-9,19H,2,10H2,1H3. The number of pyridine rings is 1. The van der Waals surface area contributed by atoms with Gasteiger partial charge in [0.05, 0.1) is 23.6 Å². The van der Waals surface area contributed by atoms with Crippen LogP contribution in [-0.2, 0) is 9.53 Å². The van der Waals surface area contributed by atoms with Crippen molar-refractivity contribution in [1.82, 2.24) is 4.98 Å².